The van der Waals surface area contributed by atoms with Crippen molar-refractivity contribution in [3.8, 4) is 0 Å². The quantitative estimate of drug-likeness (QED) is 0.770. The van der Waals surface area contributed by atoms with Crippen molar-refractivity contribution in [2.24, 2.45) is 17.8 Å². The lowest BCUT2D eigenvalue weighted by Gasteiger charge is -2.34. The molecule has 0 aromatic heterocycles. The minimum absolute atomic E-state index is 0.243. The molecule has 0 aromatic rings. The van der Waals surface area contributed by atoms with Gasteiger partial charge in [0.05, 0.1) is 6.10 Å². The number of carbonyl (C=O) groups excluding carboxylic acids is 1. The predicted molar refractivity (Wildman–Crippen MR) is 72.5 cm³/mol. The zero-order valence-corrected chi connectivity index (χ0v) is 12.0. The van der Waals surface area contributed by atoms with Crippen molar-refractivity contribution >= 4 is 5.78 Å². The van der Waals surface area contributed by atoms with E-state index in [0.29, 0.717) is 23.7 Å². The van der Waals surface area contributed by atoms with Crippen LogP contribution in [0.5, 0.6) is 0 Å². The lowest BCUT2D eigenvalue weighted by atomic mass is 9.74. The first-order valence-corrected chi connectivity index (χ1v) is 7.39. The zero-order valence-electron chi connectivity index (χ0n) is 12.0. The lowest BCUT2D eigenvalue weighted by molar-refractivity contribution is -0.128. The molecule has 4 unspecified atom stereocenters. The van der Waals surface area contributed by atoms with Gasteiger partial charge < -0.3 is 9.64 Å². The van der Waals surface area contributed by atoms with Crippen LogP contribution in [0.3, 0.4) is 0 Å². The Hall–Kier alpha value is -0.410. The Kier molecular flexibility index (Phi) is 4.79. The highest BCUT2D eigenvalue weighted by molar-refractivity contribution is 5.82. The molecule has 1 heterocycles. The standard InChI is InChI=1S/C15H27NO2/c1-11-7-12(2)14(15(17)8-11)10-16(3)9-13-5-4-6-18-13/h11-14H,4-10H2,1-3H3. The number of ketones is 1. The molecule has 1 saturated carbocycles. The molecule has 0 amide bonds. The van der Waals surface area contributed by atoms with Crippen LogP contribution in [0.25, 0.3) is 0 Å². The van der Waals surface area contributed by atoms with Crippen molar-refractivity contribution in [2.75, 3.05) is 26.7 Å². The minimum atomic E-state index is 0.243. The fourth-order valence-electron chi connectivity index (χ4n) is 3.52. The maximum atomic E-state index is 12.1. The zero-order chi connectivity index (χ0) is 13.1. The van der Waals surface area contributed by atoms with Crippen LogP contribution in [-0.2, 0) is 9.53 Å². The van der Waals surface area contributed by atoms with Gasteiger partial charge in [0, 0.05) is 32.0 Å². The van der Waals surface area contributed by atoms with E-state index in [9.17, 15) is 4.79 Å². The van der Waals surface area contributed by atoms with Gasteiger partial charge in [0.1, 0.15) is 5.78 Å². The molecule has 3 heteroatoms. The van der Waals surface area contributed by atoms with E-state index in [1.807, 2.05) is 0 Å². The predicted octanol–water partition coefficient (Wildman–Crippen LogP) is 2.35. The number of nitrogens with zero attached hydrogens (tertiary/aromatic N) is 1. The third kappa shape index (κ3) is 3.55. The Labute approximate surface area is 111 Å². The summed E-state index contributed by atoms with van der Waals surface area (Å²) >= 11 is 0. The van der Waals surface area contributed by atoms with Gasteiger partial charge in [0.25, 0.3) is 0 Å². The molecule has 0 spiro atoms. The van der Waals surface area contributed by atoms with E-state index < -0.39 is 0 Å². The highest BCUT2D eigenvalue weighted by Crippen LogP contribution is 2.31. The lowest BCUT2D eigenvalue weighted by Crippen LogP contribution is -2.41. The number of ether oxygens (including phenoxy) is 1. The van der Waals surface area contributed by atoms with Crippen molar-refractivity contribution in [1.29, 1.82) is 0 Å². The number of likely N-dealkylation sites (N-methyl/N-ethyl adjacent to an activating group) is 1. The summed E-state index contributed by atoms with van der Waals surface area (Å²) in [5, 5.41) is 0. The van der Waals surface area contributed by atoms with Crippen LogP contribution in [-0.4, -0.2) is 43.5 Å². The first-order valence-electron chi connectivity index (χ1n) is 7.39. The van der Waals surface area contributed by atoms with Crippen LogP contribution in [0.2, 0.25) is 0 Å². The molecule has 18 heavy (non-hydrogen) atoms. The van der Waals surface area contributed by atoms with Crippen molar-refractivity contribution in [1.82, 2.24) is 4.90 Å². The van der Waals surface area contributed by atoms with Gasteiger partial charge in [0.2, 0.25) is 0 Å². The molecule has 0 radical (unpaired) electrons. The van der Waals surface area contributed by atoms with Gasteiger partial charge in [0.15, 0.2) is 0 Å². The molecule has 1 saturated heterocycles. The Balaban J connectivity index is 1.81. The van der Waals surface area contributed by atoms with Gasteiger partial charge in [-0.3, -0.25) is 4.79 Å². The van der Waals surface area contributed by atoms with Crippen molar-refractivity contribution < 1.29 is 9.53 Å². The molecule has 1 aliphatic heterocycles. The van der Waals surface area contributed by atoms with Crippen LogP contribution < -0.4 is 0 Å². The topological polar surface area (TPSA) is 29.5 Å². The third-order valence-corrected chi connectivity index (χ3v) is 4.47. The van der Waals surface area contributed by atoms with E-state index >= 15 is 0 Å². The van der Waals surface area contributed by atoms with E-state index in [-0.39, 0.29) is 5.92 Å². The van der Waals surface area contributed by atoms with Gasteiger partial charge in [-0.05, 0) is 38.1 Å². The van der Waals surface area contributed by atoms with E-state index in [1.165, 1.54) is 19.3 Å². The first-order chi connectivity index (χ1) is 8.56. The van der Waals surface area contributed by atoms with Crippen LogP contribution in [0.1, 0.15) is 39.5 Å². The number of hydrogen-bond donors (Lipinski definition) is 0. The highest BCUT2D eigenvalue weighted by Gasteiger charge is 2.33. The summed E-state index contributed by atoms with van der Waals surface area (Å²) in [6.45, 7) is 7.23. The van der Waals surface area contributed by atoms with Crippen molar-refractivity contribution in [3.05, 3.63) is 0 Å². The summed E-state index contributed by atoms with van der Waals surface area (Å²) in [7, 11) is 2.12. The molecule has 0 N–H and O–H groups in total. The summed E-state index contributed by atoms with van der Waals surface area (Å²) in [6.07, 6.45) is 4.74. The first kappa shape index (κ1) is 14.0. The summed E-state index contributed by atoms with van der Waals surface area (Å²) in [4.78, 5) is 14.4. The SMILES string of the molecule is CC1CC(=O)C(CN(C)CC2CCCO2)C(C)C1. The monoisotopic (exact) mass is 253 g/mol. The second kappa shape index (κ2) is 6.16. The Morgan fingerprint density at radius 3 is 2.72 bits per heavy atom. The fraction of sp³-hybridized carbons (Fsp3) is 0.933. The average Bonchev–Trinajstić information content (AvgIpc) is 2.76. The molecule has 2 rings (SSSR count). The molecular weight excluding hydrogens is 226 g/mol. The van der Waals surface area contributed by atoms with E-state index in [4.69, 9.17) is 4.74 Å². The molecular formula is C15H27NO2. The minimum Gasteiger partial charge on any atom is -0.377 e. The van der Waals surface area contributed by atoms with Gasteiger partial charge in [-0.1, -0.05) is 13.8 Å². The molecule has 4 atom stereocenters. The van der Waals surface area contributed by atoms with Crippen molar-refractivity contribution in [3.63, 3.8) is 0 Å². The molecule has 1 aliphatic carbocycles. The van der Waals surface area contributed by atoms with Gasteiger partial charge >= 0.3 is 0 Å². The highest BCUT2D eigenvalue weighted by atomic mass is 16.5. The van der Waals surface area contributed by atoms with E-state index in [1.54, 1.807) is 0 Å². The molecule has 3 nitrogen and oxygen atoms in total. The van der Waals surface area contributed by atoms with Gasteiger partial charge in [-0.15, -0.1) is 0 Å². The Morgan fingerprint density at radius 2 is 2.11 bits per heavy atom. The Bertz CT molecular complexity index is 286. The second-order valence-electron chi connectivity index (χ2n) is 6.45. The number of carbonyl (C=O) groups is 1. The maximum absolute atomic E-state index is 12.1. The van der Waals surface area contributed by atoms with Crippen LogP contribution in [0.15, 0.2) is 0 Å². The third-order valence-electron chi connectivity index (χ3n) is 4.47. The van der Waals surface area contributed by atoms with Crippen LogP contribution in [0, 0.1) is 17.8 Å². The summed E-state index contributed by atoms with van der Waals surface area (Å²) < 4.78 is 5.66. The number of hydrogen-bond acceptors (Lipinski definition) is 3. The van der Waals surface area contributed by atoms with Crippen LogP contribution >= 0.6 is 0 Å². The average molecular weight is 253 g/mol. The fourth-order valence-corrected chi connectivity index (χ4v) is 3.52. The summed E-state index contributed by atoms with van der Waals surface area (Å²) in [5.74, 6) is 1.83. The smallest absolute Gasteiger partial charge is 0.137 e. The second-order valence-corrected chi connectivity index (χ2v) is 6.45. The number of rotatable bonds is 4. The summed E-state index contributed by atoms with van der Waals surface area (Å²) in [5.41, 5.74) is 0. The van der Waals surface area contributed by atoms with Crippen LogP contribution in [0.4, 0.5) is 0 Å². The van der Waals surface area contributed by atoms with Gasteiger partial charge in [-0.2, -0.15) is 0 Å². The summed E-state index contributed by atoms with van der Waals surface area (Å²) in [6, 6.07) is 0. The van der Waals surface area contributed by atoms with Crippen molar-refractivity contribution in [2.45, 2.75) is 45.6 Å². The Morgan fingerprint density at radius 1 is 1.33 bits per heavy atom. The maximum Gasteiger partial charge on any atom is 0.137 e. The van der Waals surface area contributed by atoms with E-state index in [2.05, 4.69) is 25.8 Å². The molecule has 2 fully saturated rings. The normalized spacial score (nSPS) is 37.4. The molecule has 0 aromatic carbocycles. The molecule has 0 bridgehead atoms. The molecule has 2 aliphatic rings. The largest absolute Gasteiger partial charge is 0.377 e. The molecule has 104 valence electrons. The van der Waals surface area contributed by atoms with Gasteiger partial charge in [-0.25, -0.2) is 0 Å². The van der Waals surface area contributed by atoms with E-state index in [0.717, 1.165) is 26.1 Å². The number of Topliss-reactive ketones (excluding diaryl/α,β-unsaturated/α-hetero) is 1.